The second kappa shape index (κ2) is 11.0. The number of para-hydroxylation sites is 4. The lowest BCUT2D eigenvalue weighted by Gasteiger charge is -2.29. The Morgan fingerprint density at radius 2 is 0.792 bits per heavy atom. The van der Waals surface area contributed by atoms with E-state index in [1.165, 1.54) is 22.3 Å². The maximum Gasteiger partial charge on any atom is 0.135 e. The zero-order chi connectivity index (χ0) is 32.2. The molecule has 7 aromatic carbocycles. The Morgan fingerprint density at radius 1 is 0.375 bits per heavy atom. The number of fused-ring (bicyclic) bond motifs is 6. The topological polar surface area (TPSA) is 19.6 Å². The lowest BCUT2D eigenvalue weighted by Crippen LogP contribution is -2.17. The molecular formula is C45H34N2O. The van der Waals surface area contributed by atoms with E-state index < -0.39 is 0 Å². The molecule has 1 aliphatic rings. The summed E-state index contributed by atoms with van der Waals surface area (Å²) < 4.78 is 6.18. The average Bonchev–Trinajstić information content (AvgIpc) is 3.61. The number of rotatable bonds is 6. The van der Waals surface area contributed by atoms with E-state index in [9.17, 15) is 0 Å². The lowest BCUT2D eigenvalue weighted by molar-refractivity contribution is 0.660. The SMILES string of the molecule is CC1(C)c2cc(N(c3ccccc3)c3ccccc3)ccc2-c2ccc(N(c3ccccc3)c3ccc4oc5ccccc5c4c3)cc21. The third-order valence-electron chi connectivity index (χ3n) is 9.82. The summed E-state index contributed by atoms with van der Waals surface area (Å²) in [6.07, 6.45) is 0. The molecule has 0 amide bonds. The van der Waals surface area contributed by atoms with E-state index in [1.807, 2.05) is 12.1 Å². The van der Waals surface area contributed by atoms with Gasteiger partial charge in [0.15, 0.2) is 0 Å². The molecular weight excluding hydrogens is 585 g/mol. The van der Waals surface area contributed by atoms with Gasteiger partial charge in [-0.15, -0.1) is 0 Å². The predicted octanol–water partition coefficient (Wildman–Crippen LogP) is 12.8. The molecule has 0 aliphatic heterocycles. The summed E-state index contributed by atoms with van der Waals surface area (Å²) in [5.74, 6) is 0. The Balaban J connectivity index is 1.17. The molecule has 48 heavy (non-hydrogen) atoms. The molecule has 0 unspecified atom stereocenters. The van der Waals surface area contributed by atoms with Gasteiger partial charge >= 0.3 is 0 Å². The summed E-state index contributed by atoms with van der Waals surface area (Å²) in [5.41, 5.74) is 13.6. The smallest absolute Gasteiger partial charge is 0.135 e. The van der Waals surface area contributed by atoms with Gasteiger partial charge in [-0.1, -0.05) is 98.8 Å². The Morgan fingerprint density at radius 3 is 1.33 bits per heavy atom. The van der Waals surface area contributed by atoms with Crippen LogP contribution in [-0.2, 0) is 5.41 Å². The minimum Gasteiger partial charge on any atom is -0.456 e. The first kappa shape index (κ1) is 28.2. The lowest BCUT2D eigenvalue weighted by atomic mass is 9.82. The molecule has 0 fully saturated rings. The fraction of sp³-hybridized carbons (Fsp3) is 0.0667. The van der Waals surface area contributed by atoms with E-state index in [0.29, 0.717) is 0 Å². The summed E-state index contributed by atoms with van der Waals surface area (Å²) in [6, 6.07) is 60.6. The summed E-state index contributed by atoms with van der Waals surface area (Å²) in [4.78, 5) is 4.70. The normalized spacial score (nSPS) is 13.0. The summed E-state index contributed by atoms with van der Waals surface area (Å²) in [5, 5.41) is 2.25. The first-order valence-corrected chi connectivity index (χ1v) is 16.5. The third-order valence-corrected chi connectivity index (χ3v) is 9.82. The van der Waals surface area contributed by atoms with Crippen molar-refractivity contribution in [3.63, 3.8) is 0 Å². The largest absolute Gasteiger partial charge is 0.456 e. The molecule has 0 saturated carbocycles. The van der Waals surface area contributed by atoms with Gasteiger partial charge < -0.3 is 14.2 Å². The van der Waals surface area contributed by atoms with Crippen LogP contribution in [0, 0.1) is 0 Å². The maximum atomic E-state index is 6.18. The molecule has 1 heterocycles. The summed E-state index contributed by atoms with van der Waals surface area (Å²) in [6.45, 7) is 4.72. The minimum atomic E-state index is -0.206. The minimum absolute atomic E-state index is 0.206. The Bertz CT molecular complexity index is 2390. The van der Waals surface area contributed by atoms with Gasteiger partial charge in [-0.05, 0) is 107 Å². The van der Waals surface area contributed by atoms with Crippen LogP contribution in [-0.4, -0.2) is 0 Å². The zero-order valence-corrected chi connectivity index (χ0v) is 27.0. The van der Waals surface area contributed by atoms with Crippen molar-refractivity contribution in [3.05, 3.63) is 181 Å². The van der Waals surface area contributed by atoms with Crippen molar-refractivity contribution in [1.29, 1.82) is 0 Å². The van der Waals surface area contributed by atoms with Gasteiger partial charge in [0.1, 0.15) is 11.2 Å². The molecule has 0 radical (unpaired) electrons. The van der Waals surface area contributed by atoms with Crippen molar-refractivity contribution in [3.8, 4) is 11.1 Å². The highest BCUT2D eigenvalue weighted by Gasteiger charge is 2.37. The van der Waals surface area contributed by atoms with E-state index in [0.717, 1.165) is 56.1 Å². The number of anilines is 6. The summed E-state index contributed by atoms with van der Waals surface area (Å²) >= 11 is 0. The van der Waals surface area contributed by atoms with Crippen LogP contribution >= 0.6 is 0 Å². The maximum absolute atomic E-state index is 6.18. The number of furan rings is 1. The van der Waals surface area contributed by atoms with Crippen LogP contribution in [0.1, 0.15) is 25.0 Å². The van der Waals surface area contributed by atoms with Gasteiger partial charge in [-0.25, -0.2) is 0 Å². The second-order valence-electron chi connectivity index (χ2n) is 13.0. The summed E-state index contributed by atoms with van der Waals surface area (Å²) in [7, 11) is 0. The van der Waals surface area contributed by atoms with Gasteiger partial charge in [0.05, 0.1) is 0 Å². The molecule has 0 N–H and O–H groups in total. The standard InChI is InChI=1S/C45H34N2O/c1-45(2)41-29-35(46(31-14-6-3-7-15-31)32-16-8-4-9-17-32)22-25-37(41)38-26-23-36(30-42(38)45)47(33-18-10-5-11-19-33)34-24-27-44-40(28-34)39-20-12-13-21-43(39)48-44/h3-30H,1-2H3. The molecule has 1 aromatic heterocycles. The molecule has 3 nitrogen and oxygen atoms in total. The van der Waals surface area contributed by atoms with Crippen molar-refractivity contribution in [2.24, 2.45) is 0 Å². The monoisotopic (exact) mass is 618 g/mol. The van der Waals surface area contributed by atoms with Crippen LogP contribution in [0.4, 0.5) is 34.1 Å². The number of benzene rings is 7. The quantitative estimate of drug-likeness (QED) is 0.185. The Labute approximate surface area is 280 Å². The van der Waals surface area contributed by atoms with E-state index in [4.69, 9.17) is 4.42 Å². The van der Waals surface area contributed by atoms with E-state index in [-0.39, 0.29) is 5.41 Å². The molecule has 0 spiro atoms. The van der Waals surface area contributed by atoms with Crippen molar-refractivity contribution < 1.29 is 4.42 Å². The average molecular weight is 619 g/mol. The zero-order valence-electron chi connectivity index (χ0n) is 27.0. The highest BCUT2D eigenvalue weighted by molar-refractivity contribution is 6.06. The van der Waals surface area contributed by atoms with E-state index in [2.05, 4.69) is 181 Å². The molecule has 0 atom stereocenters. The predicted molar refractivity (Wildman–Crippen MR) is 201 cm³/mol. The van der Waals surface area contributed by atoms with Crippen LogP contribution in [0.2, 0.25) is 0 Å². The van der Waals surface area contributed by atoms with Gasteiger partial charge in [-0.3, -0.25) is 0 Å². The Kier molecular flexibility index (Phi) is 6.48. The van der Waals surface area contributed by atoms with Crippen molar-refractivity contribution in [2.45, 2.75) is 19.3 Å². The fourth-order valence-electron chi connectivity index (χ4n) is 7.47. The molecule has 0 saturated heterocycles. The third kappa shape index (κ3) is 4.51. The van der Waals surface area contributed by atoms with Crippen molar-refractivity contribution in [1.82, 2.24) is 0 Å². The van der Waals surface area contributed by atoms with Crippen LogP contribution in [0.3, 0.4) is 0 Å². The number of hydrogen-bond acceptors (Lipinski definition) is 3. The molecule has 9 rings (SSSR count). The van der Waals surface area contributed by atoms with Gasteiger partial charge in [0.25, 0.3) is 0 Å². The molecule has 1 aliphatic carbocycles. The molecule has 8 aromatic rings. The van der Waals surface area contributed by atoms with Crippen LogP contribution in [0.5, 0.6) is 0 Å². The van der Waals surface area contributed by atoms with Crippen LogP contribution in [0.15, 0.2) is 174 Å². The van der Waals surface area contributed by atoms with E-state index >= 15 is 0 Å². The molecule has 3 heteroatoms. The first-order valence-electron chi connectivity index (χ1n) is 16.5. The highest BCUT2D eigenvalue weighted by Crippen LogP contribution is 2.52. The molecule has 230 valence electrons. The van der Waals surface area contributed by atoms with Gasteiger partial charge in [0.2, 0.25) is 0 Å². The van der Waals surface area contributed by atoms with Crippen molar-refractivity contribution >= 4 is 56.1 Å². The van der Waals surface area contributed by atoms with Crippen LogP contribution in [0.25, 0.3) is 33.1 Å². The van der Waals surface area contributed by atoms with Crippen molar-refractivity contribution in [2.75, 3.05) is 9.80 Å². The highest BCUT2D eigenvalue weighted by atomic mass is 16.3. The first-order chi connectivity index (χ1) is 23.6. The number of hydrogen-bond donors (Lipinski definition) is 0. The second-order valence-corrected chi connectivity index (χ2v) is 13.0. The Hall–Kier alpha value is -6.06. The van der Waals surface area contributed by atoms with E-state index in [1.54, 1.807) is 0 Å². The van der Waals surface area contributed by atoms with Gasteiger partial charge in [-0.2, -0.15) is 0 Å². The fourth-order valence-corrected chi connectivity index (χ4v) is 7.47. The van der Waals surface area contributed by atoms with Crippen LogP contribution < -0.4 is 9.80 Å². The molecule has 0 bridgehead atoms. The van der Waals surface area contributed by atoms with Gasteiger partial charge in [0, 0.05) is 50.3 Å². The number of nitrogens with zero attached hydrogens (tertiary/aromatic N) is 2.